The fourth-order valence-corrected chi connectivity index (χ4v) is 3.48. The zero-order chi connectivity index (χ0) is 20.4. The molecule has 0 atom stereocenters. The van der Waals surface area contributed by atoms with Crippen LogP contribution in [-0.2, 0) is 13.2 Å². The van der Waals surface area contributed by atoms with E-state index < -0.39 is 0 Å². The van der Waals surface area contributed by atoms with Gasteiger partial charge in [0.1, 0.15) is 6.61 Å². The number of nitrogens with one attached hydrogen (secondary N) is 1. The van der Waals surface area contributed by atoms with Crippen molar-refractivity contribution in [2.45, 2.75) is 40.3 Å². The molecule has 0 saturated carbocycles. The van der Waals surface area contributed by atoms with E-state index in [4.69, 9.17) is 9.47 Å². The Labute approximate surface area is 178 Å². The van der Waals surface area contributed by atoms with E-state index in [-0.39, 0.29) is 0 Å². The van der Waals surface area contributed by atoms with Crippen molar-refractivity contribution < 1.29 is 9.47 Å². The summed E-state index contributed by atoms with van der Waals surface area (Å²) in [6.45, 7) is 12.2. The fraction of sp³-hybridized carbons (Fsp3) is 0.478. The highest BCUT2D eigenvalue weighted by Gasteiger charge is 2.11. The molecule has 154 valence electrons. The number of halogens is 1. The Balaban J connectivity index is 1.90. The summed E-state index contributed by atoms with van der Waals surface area (Å²) in [7, 11) is 1.68. The lowest BCUT2D eigenvalue weighted by atomic mass is 10.1. The Morgan fingerprint density at radius 1 is 1.04 bits per heavy atom. The van der Waals surface area contributed by atoms with E-state index in [0.29, 0.717) is 6.61 Å². The number of ether oxygens (including phenoxy) is 2. The molecular formula is C23H33BrN2O2. The maximum Gasteiger partial charge on any atom is 0.162 e. The molecule has 0 saturated heterocycles. The van der Waals surface area contributed by atoms with Gasteiger partial charge in [-0.05, 0) is 62.8 Å². The third kappa shape index (κ3) is 7.12. The number of hydrogen-bond acceptors (Lipinski definition) is 4. The van der Waals surface area contributed by atoms with Crippen LogP contribution >= 0.6 is 15.9 Å². The molecule has 4 nitrogen and oxygen atoms in total. The van der Waals surface area contributed by atoms with E-state index in [0.717, 1.165) is 60.7 Å². The van der Waals surface area contributed by atoms with Gasteiger partial charge in [0.15, 0.2) is 11.5 Å². The minimum atomic E-state index is 0.520. The van der Waals surface area contributed by atoms with Gasteiger partial charge in [0.05, 0.1) is 7.11 Å². The van der Waals surface area contributed by atoms with Gasteiger partial charge in [-0.25, -0.2) is 0 Å². The number of hydrogen-bond donors (Lipinski definition) is 1. The van der Waals surface area contributed by atoms with Crippen LogP contribution in [0, 0.1) is 6.92 Å². The van der Waals surface area contributed by atoms with Crippen molar-refractivity contribution >= 4 is 15.9 Å². The molecule has 0 aliphatic carbocycles. The highest BCUT2D eigenvalue weighted by atomic mass is 79.9. The molecular weight excluding hydrogens is 416 g/mol. The van der Waals surface area contributed by atoms with Crippen LogP contribution in [0.1, 0.15) is 37.0 Å². The van der Waals surface area contributed by atoms with Crippen LogP contribution < -0.4 is 14.8 Å². The highest BCUT2D eigenvalue weighted by Crippen LogP contribution is 2.34. The highest BCUT2D eigenvalue weighted by molar-refractivity contribution is 9.10. The van der Waals surface area contributed by atoms with E-state index >= 15 is 0 Å². The maximum absolute atomic E-state index is 6.00. The van der Waals surface area contributed by atoms with Crippen molar-refractivity contribution in [3.63, 3.8) is 0 Å². The van der Waals surface area contributed by atoms with E-state index in [1.807, 2.05) is 12.1 Å². The zero-order valence-electron chi connectivity index (χ0n) is 17.6. The third-order valence-electron chi connectivity index (χ3n) is 4.89. The van der Waals surface area contributed by atoms with Gasteiger partial charge in [-0.2, -0.15) is 0 Å². The molecule has 0 heterocycles. The molecule has 0 aliphatic heterocycles. The lowest BCUT2D eigenvalue weighted by Gasteiger charge is -2.18. The van der Waals surface area contributed by atoms with Crippen molar-refractivity contribution in [2.24, 2.45) is 0 Å². The van der Waals surface area contributed by atoms with Crippen LogP contribution in [0.25, 0.3) is 0 Å². The molecule has 5 heteroatoms. The second-order valence-electron chi connectivity index (χ2n) is 6.93. The van der Waals surface area contributed by atoms with Gasteiger partial charge in [-0.3, -0.25) is 0 Å². The Morgan fingerprint density at radius 3 is 2.39 bits per heavy atom. The van der Waals surface area contributed by atoms with E-state index in [1.165, 1.54) is 11.1 Å². The zero-order valence-corrected chi connectivity index (χ0v) is 19.1. The molecule has 2 aromatic carbocycles. The molecule has 0 unspecified atom stereocenters. The number of nitrogens with zero attached hydrogens (tertiary/aromatic N) is 1. The van der Waals surface area contributed by atoms with Crippen molar-refractivity contribution in [3.8, 4) is 11.5 Å². The lowest BCUT2D eigenvalue weighted by Crippen LogP contribution is -2.27. The second kappa shape index (κ2) is 12.1. The van der Waals surface area contributed by atoms with Crippen LogP contribution in [0.5, 0.6) is 11.5 Å². The maximum atomic E-state index is 6.00. The van der Waals surface area contributed by atoms with Gasteiger partial charge in [0, 0.05) is 11.0 Å². The second-order valence-corrected chi connectivity index (χ2v) is 7.78. The summed E-state index contributed by atoms with van der Waals surface area (Å²) in [4.78, 5) is 2.45. The van der Waals surface area contributed by atoms with Crippen LogP contribution in [-0.4, -0.2) is 38.2 Å². The quantitative estimate of drug-likeness (QED) is 0.454. The van der Waals surface area contributed by atoms with Crippen LogP contribution in [0.2, 0.25) is 0 Å². The summed E-state index contributed by atoms with van der Waals surface area (Å²) in [5.41, 5.74) is 3.56. The van der Waals surface area contributed by atoms with Gasteiger partial charge in [-0.1, -0.05) is 59.6 Å². The smallest absolute Gasteiger partial charge is 0.162 e. The van der Waals surface area contributed by atoms with E-state index in [1.54, 1.807) is 7.11 Å². The Kier molecular flexibility index (Phi) is 9.82. The molecule has 1 N–H and O–H groups in total. The normalized spacial score (nSPS) is 11.1. The first-order valence-corrected chi connectivity index (χ1v) is 10.8. The number of rotatable bonds is 12. The van der Waals surface area contributed by atoms with Crippen molar-refractivity contribution in [2.75, 3.05) is 33.3 Å². The predicted octanol–water partition coefficient (Wildman–Crippen LogP) is 5.17. The first-order chi connectivity index (χ1) is 13.6. The summed E-state index contributed by atoms with van der Waals surface area (Å²) in [6.07, 6.45) is 1.15. The number of methoxy groups -OCH3 is 1. The summed E-state index contributed by atoms with van der Waals surface area (Å²) in [6, 6.07) is 12.4. The van der Waals surface area contributed by atoms with Gasteiger partial charge in [0.2, 0.25) is 0 Å². The van der Waals surface area contributed by atoms with Gasteiger partial charge in [0.25, 0.3) is 0 Å². The van der Waals surface area contributed by atoms with Crippen LogP contribution in [0.3, 0.4) is 0 Å². The van der Waals surface area contributed by atoms with Gasteiger partial charge in [-0.15, -0.1) is 0 Å². The molecule has 0 aromatic heterocycles. The SMILES string of the molecule is CCN(CC)CCCNCc1cc(OC)c(OCc2ccc(C)cc2)cc1Br. The summed E-state index contributed by atoms with van der Waals surface area (Å²) >= 11 is 3.68. The van der Waals surface area contributed by atoms with Crippen molar-refractivity contribution in [3.05, 3.63) is 57.6 Å². The minimum Gasteiger partial charge on any atom is -0.493 e. The predicted molar refractivity (Wildman–Crippen MR) is 120 cm³/mol. The first kappa shape index (κ1) is 22.7. The number of benzene rings is 2. The summed E-state index contributed by atoms with van der Waals surface area (Å²) in [5, 5.41) is 3.53. The average molecular weight is 449 g/mol. The molecule has 0 spiro atoms. The number of aryl methyl sites for hydroxylation is 1. The molecule has 0 radical (unpaired) electrons. The van der Waals surface area contributed by atoms with E-state index in [2.05, 4.69) is 71.2 Å². The molecule has 0 bridgehead atoms. The van der Waals surface area contributed by atoms with Crippen LogP contribution in [0.4, 0.5) is 0 Å². The van der Waals surface area contributed by atoms with Crippen LogP contribution in [0.15, 0.2) is 40.9 Å². The Bertz CT molecular complexity index is 715. The standard InChI is InChI=1S/C23H33BrN2O2/c1-5-26(6-2)13-7-12-25-16-20-14-22(27-4)23(15-21(20)24)28-17-19-10-8-18(3)9-11-19/h8-11,14-15,25H,5-7,12-13,16-17H2,1-4H3. The molecule has 0 aliphatic rings. The summed E-state index contributed by atoms with van der Waals surface area (Å²) < 4.78 is 12.6. The minimum absolute atomic E-state index is 0.520. The fourth-order valence-electron chi connectivity index (χ4n) is 3.02. The monoisotopic (exact) mass is 448 g/mol. The van der Waals surface area contributed by atoms with Gasteiger partial charge < -0.3 is 19.7 Å². The molecule has 0 amide bonds. The first-order valence-electron chi connectivity index (χ1n) is 10.0. The average Bonchev–Trinajstić information content (AvgIpc) is 2.71. The Morgan fingerprint density at radius 2 is 1.75 bits per heavy atom. The lowest BCUT2D eigenvalue weighted by molar-refractivity contribution is 0.284. The molecule has 2 aromatic rings. The van der Waals surface area contributed by atoms with Crippen molar-refractivity contribution in [1.29, 1.82) is 0 Å². The molecule has 0 fully saturated rings. The van der Waals surface area contributed by atoms with Crippen molar-refractivity contribution in [1.82, 2.24) is 10.2 Å². The topological polar surface area (TPSA) is 33.7 Å². The molecule has 28 heavy (non-hydrogen) atoms. The summed E-state index contributed by atoms with van der Waals surface area (Å²) in [5.74, 6) is 1.51. The Hall–Kier alpha value is -1.56. The van der Waals surface area contributed by atoms with Gasteiger partial charge >= 0.3 is 0 Å². The van der Waals surface area contributed by atoms with E-state index in [9.17, 15) is 0 Å². The largest absolute Gasteiger partial charge is 0.493 e. The third-order valence-corrected chi connectivity index (χ3v) is 5.62. The molecule has 2 rings (SSSR count).